The predicted molar refractivity (Wildman–Crippen MR) is 82.1 cm³/mol. The van der Waals surface area contributed by atoms with E-state index in [1.807, 2.05) is 30.3 Å². The Morgan fingerprint density at radius 3 is 2.73 bits per heavy atom. The molecule has 1 atom stereocenters. The van der Waals surface area contributed by atoms with E-state index in [1.54, 1.807) is 6.08 Å². The number of carbonyl (C=O) groups is 2. The van der Waals surface area contributed by atoms with Crippen LogP contribution in [0.25, 0.3) is 0 Å². The summed E-state index contributed by atoms with van der Waals surface area (Å²) in [7, 11) is 1.33. The molecule has 5 heteroatoms. The molecule has 0 saturated carbocycles. The van der Waals surface area contributed by atoms with E-state index >= 15 is 0 Å². The summed E-state index contributed by atoms with van der Waals surface area (Å²) in [6.07, 6.45) is 2.81. The van der Waals surface area contributed by atoms with Crippen LogP contribution in [0.4, 0.5) is 4.79 Å². The number of likely N-dealkylation sites (tertiary alicyclic amines) is 1. The first-order valence-electron chi connectivity index (χ1n) is 7.31. The van der Waals surface area contributed by atoms with Crippen LogP contribution in [-0.4, -0.2) is 36.2 Å². The van der Waals surface area contributed by atoms with E-state index in [-0.39, 0.29) is 6.61 Å². The molecule has 0 aromatic heterocycles. The molecule has 5 nitrogen and oxygen atoms in total. The van der Waals surface area contributed by atoms with Crippen molar-refractivity contribution in [3.63, 3.8) is 0 Å². The van der Waals surface area contributed by atoms with Gasteiger partial charge in [0.15, 0.2) is 0 Å². The molecular formula is C17H21NO4. The molecule has 1 aliphatic rings. The number of benzene rings is 1. The van der Waals surface area contributed by atoms with Gasteiger partial charge in [-0.3, -0.25) is 4.90 Å². The number of methoxy groups -OCH3 is 1. The van der Waals surface area contributed by atoms with E-state index in [9.17, 15) is 9.59 Å². The van der Waals surface area contributed by atoms with Crippen LogP contribution in [-0.2, 0) is 20.9 Å². The topological polar surface area (TPSA) is 55.8 Å². The van der Waals surface area contributed by atoms with Crippen molar-refractivity contribution in [3.05, 3.63) is 48.6 Å². The first-order chi connectivity index (χ1) is 10.6. The molecule has 118 valence electrons. The third-order valence-corrected chi connectivity index (χ3v) is 3.96. The molecule has 1 aromatic rings. The summed E-state index contributed by atoms with van der Waals surface area (Å²) < 4.78 is 10.3. The zero-order valence-corrected chi connectivity index (χ0v) is 12.8. The zero-order valence-electron chi connectivity index (χ0n) is 12.8. The van der Waals surface area contributed by atoms with Gasteiger partial charge in [0, 0.05) is 6.54 Å². The fraction of sp³-hybridized carbons (Fsp3) is 0.412. The van der Waals surface area contributed by atoms with Crippen molar-refractivity contribution in [2.24, 2.45) is 0 Å². The molecule has 22 heavy (non-hydrogen) atoms. The van der Waals surface area contributed by atoms with Gasteiger partial charge in [-0.25, -0.2) is 9.59 Å². The second kappa shape index (κ2) is 7.11. The quantitative estimate of drug-likeness (QED) is 0.620. The molecule has 1 unspecified atom stereocenters. The number of carbonyl (C=O) groups excluding carboxylic acids is 2. The molecule has 2 rings (SSSR count). The Labute approximate surface area is 130 Å². The van der Waals surface area contributed by atoms with Gasteiger partial charge in [0.1, 0.15) is 12.1 Å². The normalized spacial score (nSPS) is 20.5. The van der Waals surface area contributed by atoms with Crippen LogP contribution in [0.3, 0.4) is 0 Å². The third-order valence-electron chi connectivity index (χ3n) is 3.96. The summed E-state index contributed by atoms with van der Waals surface area (Å²) in [5.41, 5.74) is -0.0768. The summed E-state index contributed by atoms with van der Waals surface area (Å²) in [5.74, 6) is -0.415. The molecule has 0 bridgehead atoms. The molecule has 0 N–H and O–H groups in total. The maximum Gasteiger partial charge on any atom is 0.411 e. The Balaban J connectivity index is 2.09. The number of hydrogen-bond acceptors (Lipinski definition) is 4. The number of ether oxygens (including phenoxy) is 2. The van der Waals surface area contributed by atoms with Gasteiger partial charge in [0.2, 0.25) is 0 Å². The van der Waals surface area contributed by atoms with E-state index in [4.69, 9.17) is 9.47 Å². The number of nitrogens with zero attached hydrogens (tertiary/aromatic N) is 1. The van der Waals surface area contributed by atoms with Crippen molar-refractivity contribution < 1.29 is 19.1 Å². The van der Waals surface area contributed by atoms with Gasteiger partial charge < -0.3 is 9.47 Å². The minimum absolute atomic E-state index is 0.182. The van der Waals surface area contributed by atoms with Crippen LogP contribution >= 0.6 is 0 Å². The van der Waals surface area contributed by atoms with Crippen molar-refractivity contribution in [1.29, 1.82) is 0 Å². The standard InChI is InChI=1S/C17H21NO4/c1-3-10-17(15(19)21-2)11-7-12-18(17)16(20)22-13-14-8-5-4-6-9-14/h3-6,8-9H,1,7,10-13H2,2H3. The van der Waals surface area contributed by atoms with E-state index in [0.717, 1.165) is 12.0 Å². The van der Waals surface area contributed by atoms with Crippen molar-refractivity contribution in [3.8, 4) is 0 Å². The fourth-order valence-corrected chi connectivity index (χ4v) is 2.88. The summed E-state index contributed by atoms with van der Waals surface area (Å²) in [6, 6.07) is 9.44. The molecule has 1 saturated heterocycles. The summed E-state index contributed by atoms with van der Waals surface area (Å²) in [6.45, 7) is 4.35. The Morgan fingerprint density at radius 2 is 2.09 bits per heavy atom. The highest BCUT2D eigenvalue weighted by Gasteiger charge is 2.50. The lowest BCUT2D eigenvalue weighted by Crippen LogP contribution is -2.53. The number of amides is 1. The smallest absolute Gasteiger partial charge is 0.411 e. The van der Waals surface area contributed by atoms with Crippen molar-refractivity contribution in [1.82, 2.24) is 4.90 Å². The van der Waals surface area contributed by atoms with Gasteiger partial charge in [-0.2, -0.15) is 0 Å². The zero-order chi connectivity index (χ0) is 16.0. The second-order valence-electron chi connectivity index (χ2n) is 5.31. The van der Waals surface area contributed by atoms with Crippen molar-refractivity contribution in [2.75, 3.05) is 13.7 Å². The lowest BCUT2D eigenvalue weighted by Gasteiger charge is -2.34. The van der Waals surface area contributed by atoms with Crippen LogP contribution < -0.4 is 0 Å². The highest BCUT2D eigenvalue weighted by Crippen LogP contribution is 2.34. The predicted octanol–water partition coefficient (Wildman–Crippen LogP) is 2.91. The number of rotatable bonds is 5. The fourth-order valence-electron chi connectivity index (χ4n) is 2.88. The van der Waals surface area contributed by atoms with Gasteiger partial charge in [0.25, 0.3) is 0 Å². The largest absolute Gasteiger partial charge is 0.467 e. The van der Waals surface area contributed by atoms with Crippen LogP contribution in [0.15, 0.2) is 43.0 Å². The molecular weight excluding hydrogens is 282 g/mol. The van der Waals surface area contributed by atoms with E-state index in [1.165, 1.54) is 12.0 Å². The molecule has 0 aliphatic carbocycles. The van der Waals surface area contributed by atoms with Crippen LogP contribution in [0, 0.1) is 0 Å². The van der Waals surface area contributed by atoms with Gasteiger partial charge in [-0.1, -0.05) is 36.4 Å². The highest BCUT2D eigenvalue weighted by atomic mass is 16.6. The molecule has 0 radical (unpaired) electrons. The Morgan fingerprint density at radius 1 is 1.36 bits per heavy atom. The second-order valence-corrected chi connectivity index (χ2v) is 5.31. The van der Waals surface area contributed by atoms with Crippen LogP contribution in [0.2, 0.25) is 0 Å². The molecule has 1 aromatic carbocycles. The van der Waals surface area contributed by atoms with E-state index in [0.29, 0.717) is 19.4 Å². The first kappa shape index (κ1) is 16.1. The molecule has 0 spiro atoms. The Kier molecular flexibility index (Phi) is 5.20. The Bertz CT molecular complexity index is 543. The lowest BCUT2D eigenvalue weighted by molar-refractivity contribution is -0.152. The van der Waals surface area contributed by atoms with Gasteiger partial charge in [-0.05, 0) is 24.8 Å². The van der Waals surface area contributed by atoms with Crippen molar-refractivity contribution in [2.45, 2.75) is 31.4 Å². The average Bonchev–Trinajstić information content (AvgIpc) is 2.98. The number of hydrogen-bond donors (Lipinski definition) is 0. The van der Waals surface area contributed by atoms with Crippen LogP contribution in [0.1, 0.15) is 24.8 Å². The maximum absolute atomic E-state index is 12.4. The monoisotopic (exact) mass is 303 g/mol. The summed E-state index contributed by atoms with van der Waals surface area (Å²) in [5, 5.41) is 0. The van der Waals surface area contributed by atoms with Crippen LogP contribution in [0.5, 0.6) is 0 Å². The SMILES string of the molecule is C=CCC1(C(=O)OC)CCCN1C(=O)OCc1ccccc1. The minimum Gasteiger partial charge on any atom is -0.467 e. The van der Waals surface area contributed by atoms with E-state index < -0.39 is 17.6 Å². The van der Waals surface area contributed by atoms with E-state index in [2.05, 4.69) is 6.58 Å². The van der Waals surface area contributed by atoms with Gasteiger partial charge in [0.05, 0.1) is 7.11 Å². The summed E-state index contributed by atoms with van der Waals surface area (Å²) in [4.78, 5) is 26.1. The summed E-state index contributed by atoms with van der Waals surface area (Å²) >= 11 is 0. The number of esters is 1. The Hall–Kier alpha value is -2.30. The molecule has 1 aliphatic heterocycles. The van der Waals surface area contributed by atoms with Gasteiger partial charge >= 0.3 is 12.1 Å². The van der Waals surface area contributed by atoms with Crippen molar-refractivity contribution >= 4 is 12.1 Å². The third kappa shape index (κ3) is 3.13. The maximum atomic E-state index is 12.4. The highest BCUT2D eigenvalue weighted by molar-refractivity contribution is 5.86. The lowest BCUT2D eigenvalue weighted by atomic mass is 9.92. The average molecular weight is 303 g/mol. The molecule has 1 amide bonds. The first-order valence-corrected chi connectivity index (χ1v) is 7.31. The van der Waals surface area contributed by atoms with Gasteiger partial charge in [-0.15, -0.1) is 6.58 Å². The molecule has 1 heterocycles. The minimum atomic E-state index is -0.982. The molecule has 1 fully saturated rings.